The van der Waals surface area contributed by atoms with Crippen LogP contribution in [0.25, 0.3) is 0 Å². The van der Waals surface area contributed by atoms with Crippen molar-refractivity contribution in [2.24, 2.45) is 11.8 Å². The number of nitrogens with zero attached hydrogens (tertiary/aromatic N) is 1. The van der Waals surface area contributed by atoms with E-state index in [4.69, 9.17) is 4.74 Å². The van der Waals surface area contributed by atoms with Crippen LogP contribution in [0.5, 0.6) is 11.5 Å². The van der Waals surface area contributed by atoms with E-state index in [0.29, 0.717) is 28.9 Å². The second-order valence-electron chi connectivity index (χ2n) is 7.79. The summed E-state index contributed by atoms with van der Waals surface area (Å²) in [7, 11) is 0. The zero-order valence-electron chi connectivity index (χ0n) is 15.2. The average molecular weight is 355 g/mol. The van der Waals surface area contributed by atoms with E-state index in [1.807, 2.05) is 18.2 Å². The number of phenolic OH excluding ortho intramolecular Hbond substituents is 1. The van der Waals surface area contributed by atoms with Crippen molar-refractivity contribution < 1.29 is 14.2 Å². The first-order valence-electron chi connectivity index (χ1n) is 9.50. The molecule has 3 atom stereocenters. The molecule has 1 saturated carbocycles. The molecule has 0 bridgehead atoms. The summed E-state index contributed by atoms with van der Waals surface area (Å²) >= 11 is 0. The van der Waals surface area contributed by atoms with Crippen LogP contribution in [0.2, 0.25) is 0 Å². The monoisotopic (exact) mass is 355 g/mol. The Morgan fingerprint density at radius 3 is 2.46 bits per heavy atom. The van der Waals surface area contributed by atoms with Gasteiger partial charge in [0.2, 0.25) is 0 Å². The second-order valence-corrected chi connectivity index (χ2v) is 7.79. The predicted molar refractivity (Wildman–Crippen MR) is 100 cm³/mol. The number of benzene rings is 2. The van der Waals surface area contributed by atoms with Gasteiger partial charge in [0.05, 0.1) is 6.10 Å². The lowest BCUT2D eigenvalue weighted by Gasteiger charge is -2.20. The van der Waals surface area contributed by atoms with Crippen molar-refractivity contribution in [3.63, 3.8) is 0 Å². The highest BCUT2D eigenvalue weighted by Crippen LogP contribution is 2.40. The topological polar surface area (TPSA) is 32.7 Å². The van der Waals surface area contributed by atoms with Crippen LogP contribution in [0, 0.1) is 24.6 Å². The number of likely N-dealkylation sites (tertiary alicyclic amines) is 1. The summed E-state index contributed by atoms with van der Waals surface area (Å²) in [6.07, 6.45) is 3.19. The van der Waals surface area contributed by atoms with Gasteiger partial charge in [0.15, 0.2) is 11.6 Å². The van der Waals surface area contributed by atoms with E-state index in [1.54, 1.807) is 31.2 Å². The molecule has 1 N–H and O–H groups in total. The van der Waals surface area contributed by atoms with Crippen molar-refractivity contribution in [1.82, 2.24) is 4.90 Å². The zero-order valence-corrected chi connectivity index (χ0v) is 15.2. The Hall–Kier alpha value is -2.07. The fourth-order valence-electron chi connectivity index (χ4n) is 4.46. The minimum atomic E-state index is -0.222. The fourth-order valence-corrected chi connectivity index (χ4v) is 4.46. The molecule has 0 spiro atoms. The van der Waals surface area contributed by atoms with Gasteiger partial charge in [-0.3, -0.25) is 0 Å². The van der Waals surface area contributed by atoms with Crippen LogP contribution in [0.15, 0.2) is 42.5 Å². The number of aromatic hydroxyl groups is 1. The standard InChI is InChI=1S/C22H26FNO2/c1-15-3-2-4-21(22(15)23)26-20-11-17-13-24(14-18(17)12-20)10-9-16-5-7-19(25)8-6-16/h2-8,17-18,20,25H,9-14H2,1H3/t17-,18+,20+. The SMILES string of the molecule is Cc1cccc(O[C@H]2C[C@@H]3CN(CCc4ccc(O)cc4)C[C@@H]3C2)c1F. The zero-order chi connectivity index (χ0) is 18.1. The molecule has 2 fully saturated rings. The normalized spacial score (nSPS) is 25.4. The molecule has 1 heterocycles. The van der Waals surface area contributed by atoms with Crippen LogP contribution in [0.1, 0.15) is 24.0 Å². The molecule has 0 radical (unpaired) electrons. The van der Waals surface area contributed by atoms with Gasteiger partial charge < -0.3 is 14.7 Å². The molecule has 0 amide bonds. The van der Waals surface area contributed by atoms with Crippen LogP contribution < -0.4 is 4.74 Å². The molecule has 1 saturated heterocycles. The summed E-state index contributed by atoms with van der Waals surface area (Å²) in [5.41, 5.74) is 1.90. The first-order chi connectivity index (χ1) is 12.6. The third kappa shape index (κ3) is 3.70. The molecule has 1 aliphatic heterocycles. The average Bonchev–Trinajstić information content (AvgIpc) is 3.16. The number of aryl methyl sites for hydroxylation is 1. The summed E-state index contributed by atoms with van der Waals surface area (Å²) in [5, 5.41) is 9.36. The van der Waals surface area contributed by atoms with Crippen LogP contribution in [-0.2, 0) is 6.42 Å². The molecular formula is C22H26FNO2. The quantitative estimate of drug-likeness (QED) is 0.874. The lowest BCUT2D eigenvalue weighted by molar-refractivity contribution is 0.178. The summed E-state index contributed by atoms with van der Waals surface area (Å²) in [4.78, 5) is 2.53. The van der Waals surface area contributed by atoms with Gasteiger partial charge in [-0.15, -0.1) is 0 Å². The number of hydrogen-bond acceptors (Lipinski definition) is 3. The smallest absolute Gasteiger partial charge is 0.167 e. The maximum absolute atomic E-state index is 14.1. The predicted octanol–water partition coefficient (Wildman–Crippen LogP) is 4.17. The van der Waals surface area contributed by atoms with Gasteiger partial charge in [0, 0.05) is 19.6 Å². The summed E-state index contributed by atoms with van der Waals surface area (Å²) in [5.74, 6) is 1.82. The number of fused-ring (bicyclic) bond motifs is 1. The van der Waals surface area contributed by atoms with Gasteiger partial charge in [-0.1, -0.05) is 24.3 Å². The Bertz CT molecular complexity index is 747. The van der Waals surface area contributed by atoms with E-state index in [9.17, 15) is 9.50 Å². The molecule has 0 aromatic heterocycles. The summed E-state index contributed by atoms with van der Waals surface area (Å²) < 4.78 is 20.1. The lowest BCUT2D eigenvalue weighted by Crippen LogP contribution is -2.26. The molecule has 2 aromatic rings. The molecule has 2 aliphatic rings. The first kappa shape index (κ1) is 17.3. The third-order valence-corrected chi connectivity index (χ3v) is 5.89. The Morgan fingerprint density at radius 1 is 1.08 bits per heavy atom. The van der Waals surface area contributed by atoms with Crippen LogP contribution >= 0.6 is 0 Å². The van der Waals surface area contributed by atoms with E-state index in [-0.39, 0.29) is 11.9 Å². The molecule has 1 aliphatic carbocycles. The first-order valence-corrected chi connectivity index (χ1v) is 9.50. The van der Waals surface area contributed by atoms with Crippen LogP contribution in [0.3, 0.4) is 0 Å². The molecule has 3 nitrogen and oxygen atoms in total. The Labute approximate surface area is 154 Å². The highest BCUT2D eigenvalue weighted by Gasteiger charge is 2.41. The molecule has 2 aromatic carbocycles. The van der Waals surface area contributed by atoms with E-state index in [1.165, 1.54) is 5.56 Å². The Kier molecular flexibility index (Phi) is 4.86. The van der Waals surface area contributed by atoms with Crippen molar-refractivity contribution in [2.75, 3.05) is 19.6 Å². The molecule has 4 rings (SSSR count). The van der Waals surface area contributed by atoms with Crippen molar-refractivity contribution in [3.8, 4) is 11.5 Å². The van der Waals surface area contributed by atoms with Crippen molar-refractivity contribution >= 4 is 0 Å². The van der Waals surface area contributed by atoms with Gasteiger partial charge in [0.25, 0.3) is 0 Å². The van der Waals surface area contributed by atoms with Crippen molar-refractivity contribution in [2.45, 2.75) is 32.3 Å². The minimum absolute atomic E-state index is 0.139. The van der Waals surface area contributed by atoms with E-state index in [2.05, 4.69) is 4.90 Å². The highest BCUT2D eigenvalue weighted by atomic mass is 19.1. The summed E-state index contributed by atoms with van der Waals surface area (Å²) in [6, 6.07) is 12.9. The van der Waals surface area contributed by atoms with Crippen LogP contribution in [0.4, 0.5) is 4.39 Å². The Morgan fingerprint density at radius 2 is 1.77 bits per heavy atom. The molecule has 4 heteroatoms. The van der Waals surface area contributed by atoms with Crippen LogP contribution in [-0.4, -0.2) is 35.7 Å². The minimum Gasteiger partial charge on any atom is -0.508 e. The molecule has 26 heavy (non-hydrogen) atoms. The highest BCUT2D eigenvalue weighted by molar-refractivity contribution is 5.30. The number of phenols is 1. The Balaban J connectivity index is 1.27. The lowest BCUT2D eigenvalue weighted by atomic mass is 10.0. The number of hydrogen-bond donors (Lipinski definition) is 1. The molecule has 138 valence electrons. The maximum atomic E-state index is 14.1. The molecule has 0 unspecified atom stereocenters. The fraction of sp³-hybridized carbons (Fsp3) is 0.455. The van der Waals surface area contributed by atoms with Gasteiger partial charge in [0.1, 0.15) is 5.75 Å². The van der Waals surface area contributed by atoms with Gasteiger partial charge in [-0.05, 0) is 67.3 Å². The van der Waals surface area contributed by atoms with Gasteiger partial charge in [-0.2, -0.15) is 0 Å². The largest absolute Gasteiger partial charge is 0.508 e. The molecular weight excluding hydrogens is 329 g/mol. The number of ether oxygens (including phenoxy) is 1. The van der Waals surface area contributed by atoms with E-state index >= 15 is 0 Å². The van der Waals surface area contributed by atoms with E-state index < -0.39 is 0 Å². The van der Waals surface area contributed by atoms with Gasteiger partial charge in [-0.25, -0.2) is 4.39 Å². The van der Waals surface area contributed by atoms with Crippen molar-refractivity contribution in [3.05, 3.63) is 59.4 Å². The van der Waals surface area contributed by atoms with Crippen molar-refractivity contribution in [1.29, 1.82) is 0 Å². The second kappa shape index (κ2) is 7.28. The van der Waals surface area contributed by atoms with Gasteiger partial charge >= 0.3 is 0 Å². The third-order valence-electron chi connectivity index (χ3n) is 5.89. The number of rotatable bonds is 5. The van der Waals surface area contributed by atoms with E-state index in [0.717, 1.165) is 38.9 Å². The maximum Gasteiger partial charge on any atom is 0.167 e. The summed E-state index contributed by atoms with van der Waals surface area (Å²) in [6.45, 7) is 5.05. The number of halogens is 1.